The molecule has 0 rings (SSSR count). The number of hydrogen-bond donors (Lipinski definition) is 0. The molecule has 5 nitrogen and oxygen atoms in total. The number of carbonyl (C=O) groups excluding carboxylic acids is 2. The van der Waals surface area contributed by atoms with Crippen LogP contribution in [-0.4, -0.2) is 18.2 Å². The van der Waals surface area contributed by atoms with Gasteiger partial charge in [0, 0.05) is 23.3 Å². The number of carbonyl (C=O) groups is 2. The highest BCUT2D eigenvalue weighted by molar-refractivity contribution is 6.55. The van der Waals surface area contributed by atoms with Crippen molar-refractivity contribution in [2.45, 2.75) is 20.1 Å². The number of ether oxygens (including phenoxy) is 2. The molecule has 0 heterocycles. The predicted molar refractivity (Wildman–Crippen MR) is 81.2 cm³/mol. The molecule has 0 aliphatic rings. The molecule has 0 N–H and O–H groups in total. The molecule has 0 atom stereocenters. The third-order valence-electron chi connectivity index (χ3n) is 1.47. The minimum atomic E-state index is -1.26. The Balaban J connectivity index is 0. The fraction of sp³-hybridized carbons (Fsp3) is 0.214. The first-order chi connectivity index (χ1) is 9.61. The van der Waals surface area contributed by atoms with Crippen molar-refractivity contribution in [2.75, 3.05) is 0 Å². The lowest BCUT2D eigenvalue weighted by atomic mass is 10.3. The van der Waals surface area contributed by atoms with E-state index >= 15 is 0 Å². The summed E-state index contributed by atoms with van der Waals surface area (Å²) in [5, 5.41) is 8.35. The summed E-state index contributed by atoms with van der Waals surface area (Å²) in [5.41, 5.74) is 0.318. The number of nitrogens with zero attached hydrogens (tertiary/aromatic N) is 1. The van der Waals surface area contributed by atoms with Gasteiger partial charge in [-0.3, -0.25) is 0 Å². The Hall–Kier alpha value is -2.03. The quantitative estimate of drug-likeness (QED) is 0.333. The molecule has 0 spiro atoms. The first-order valence-corrected chi connectivity index (χ1v) is 6.16. The van der Waals surface area contributed by atoms with Gasteiger partial charge in [0.2, 0.25) is 0 Å². The standard InChI is InChI=1S/C12H13NO4.C2H2Cl2/c1-8(2)11(14)16-10(6-5-7-13)17-12(15)9(3)4;1-2(3)4/h5-6,10H,1,3H2,2,4H3;1H2. The van der Waals surface area contributed by atoms with Crippen LogP contribution in [0, 0.1) is 11.3 Å². The molecular weight excluding hydrogens is 317 g/mol. The van der Waals surface area contributed by atoms with Crippen molar-refractivity contribution in [3.8, 4) is 6.07 Å². The van der Waals surface area contributed by atoms with Gasteiger partial charge in [-0.25, -0.2) is 9.59 Å². The largest absolute Gasteiger partial charge is 0.418 e. The molecule has 114 valence electrons. The van der Waals surface area contributed by atoms with Crippen LogP contribution in [-0.2, 0) is 19.1 Å². The van der Waals surface area contributed by atoms with E-state index in [-0.39, 0.29) is 15.6 Å². The van der Waals surface area contributed by atoms with Crippen LogP contribution >= 0.6 is 23.2 Å². The zero-order chi connectivity index (χ0) is 17.0. The highest BCUT2D eigenvalue weighted by atomic mass is 35.5. The van der Waals surface area contributed by atoms with Gasteiger partial charge >= 0.3 is 11.9 Å². The second-order valence-electron chi connectivity index (χ2n) is 3.57. The Morgan fingerprint density at radius 3 is 1.67 bits per heavy atom. The van der Waals surface area contributed by atoms with Crippen LogP contribution in [0.5, 0.6) is 0 Å². The second-order valence-corrected chi connectivity index (χ2v) is 4.67. The van der Waals surface area contributed by atoms with Crippen LogP contribution in [0.4, 0.5) is 0 Å². The second kappa shape index (κ2) is 11.8. The first kappa shape index (κ1) is 21.3. The summed E-state index contributed by atoms with van der Waals surface area (Å²) < 4.78 is 9.66. The average molecular weight is 332 g/mol. The maximum atomic E-state index is 11.2. The highest BCUT2D eigenvalue weighted by Gasteiger charge is 2.16. The number of esters is 2. The summed E-state index contributed by atoms with van der Waals surface area (Å²) in [5.74, 6) is -1.43. The van der Waals surface area contributed by atoms with E-state index in [0.29, 0.717) is 0 Å². The minimum Gasteiger partial charge on any atom is -0.418 e. The average Bonchev–Trinajstić information content (AvgIpc) is 2.34. The smallest absolute Gasteiger partial charge is 0.336 e. The summed E-state index contributed by atoms with van der Waals surface area (Å²) in [6.45, 7) is 12.8. The van der Waals surface area contributed by atoms with Gasteiger partial charge in [-0.05, 0) is 13.8 Å². The van der Waals surface area contributed by atoms with Crippen LogP contribution in [0.2, 0.25) is 0 Å². The molecule has 0 aliphatic carbocycles. The molecule has 0 aliphatic heterocycles. The number of hydrogen-bond acceptors (Lipinski definition) is 5. The van der Waals surface area contributed by atoms with Gasteiger partial charge < -0.3 is 9.47 Å². The molecule has 0 aromatic heterocycles. The molecule has 0 saturated heterocycles. The Labute approximate surface area is 133 Å². The molecule has 0 aromatic carbocycles. The molecule has 0 saturated carbocycles. The third kappa shape index (κ3) is 14.2. The van der Waals surface area contributed by atoms with Crippen molar-refractivity contribution in [1.82, 2.24) is 0 Å². The first-order valence-electron chi connectivity index (χ1n) is 5.41. The third-order valence-corrected chi connectivity index (χ3v) is 1.47. The SMILES string of the molecule is C=C(C)C(=O)OC(C=CC#N)OC(=O)C(=C)C.C=C(Cl)Cl. The van der Waals surface area contributed by atoms with E-state index in [9.17, 15) is 9.59 Å². The summed E-state index contributed by atoms with van der Waals surface area (Å²) in [6.07, 6.45) is 0.923. The Kier molecular flexibility index (Phi) is 11.9. The summed E-state index contributed by atoms with van der Waals surface area (Å²) >= 11 is 9.69. The molecule has 0 bridgehead atoms. The zero-order valence-electron chi connectivity index (χ0n) is 11.7. The highest BCUT2D eigenvalue weighted by Crippen LogP contribution is 2.05. The van der Waals surface area contributed by atoms with E-state index in [0.717, 1.165) is 12.2 Å². The van der Waals surface area contributed by atoms with Gasteiger partial charge in [0.25, 0.3) is 6.29 Å². The molecule has 0 aromatic rings. The molecule has 0 amide bonds. The number of halogens is 2. The number of nitriles is 1. The fourth-order valence-corrected chi connectivity index (χ4v) is 0.636. The number of allylic oxidation sites excluding steroid dienone is 1. The van der Waals surface area contributed by atoms with Crippen molar-refractivity contribution in [1.29, 1.82) is 5.26 Å². The maximum absolute atomic E-state index is 11.2. The molecular formula is C14H15Cl2NO4. The normalized spacial score (nSPS) is 9.14. The Morgan fingerprint density at radius 2 is 1.43 bits per heavy atom. The van der Waals surface area contributed by atoms with Crippen molar-refractivity contribution in [3.05, 3.63) is 47.5 Å². The summed E-state index contributed by atoms with van der Waals surface area (Å²) in [4.78, 5) is 22.4. The lowest BCUT2D eigenvalue weighted by Crippen LogP contribution is -2.23. The minimum absolute atomic E-state index is 0.111. The van der Waals surface area contributed by atoms with Gasteiger partial charge in [-0.15, -0.1) is 0 Å². The van der Waals surface area contributed by atoms with Crippen LogP contribution in [0.1, 0.15) is 13.8 Å². The van der Waals surface area contributed by atoms with E-state index in [2.05, 4.69) is 19.7 Å². The van der Waals surface area contributed by atoms with E-state index in [1.807, 2.05) is 0 Å². The van der Waals surface area contributed by atoms with Gasteiger partial charge in [0.05, 0.1) is 10.6 Å². The lowest BCUT2D eigenvalue weighted by molar-refractivity contribution is -0.173. The van der Waals surface area contributed by atoms with Crippen molar-refractivity contribution in [2.24, 2.45) is 0 Å². The van der Waals surface area contributed by atoms with Crippen LogP contribution in [0.3, 0.4) is 0 Å². The van der Waals surface area contributed by atoms with E-state index in [1.165, 1.54) is 13.8 Å². The Bertz CT molecular complexity index is 472. The fourth-order valence-electron chi connectivity index (χ4n) is 0.636. The predicted octanol–water partition coefficient (Wildman–Crippen LogP) is 3.57. The molecule has 21 heavy (non-hydrogen) atoms. The summed E-state index contributed by atoms with van der Waals surface area (Å²) in [6, 6.07) is 1.70. The van der Waals surface area contributed by atoms with Gasteiger partial charge in [0.15, 0.2) is 0 Å². The van der Waals surface area contributed by atoms with Crippen molar-refractivity contribution >= 4 is 35.1 Å². The topological polar surface area (TPSA) is 76.4 Å². The monoisotopic (exact) mass is 331 g/mol. The summed E-state index contributed by atoms with van der Waals surface area (Å²) in [7, 11) is 0. The molecule has 7 heteroatoms. The van der Waals surface area contributed by atoms with Crippen molar-refractivity contribution in [3.63, 3.8) is 0 Å². The maximum Gasteiger partial charge on any atom is 0.336 e. The van der Waals surface area contributed by atoms with Crippen LogP contribution in [0.15, 0.2) is 47.5 Å². The van der Waals surface area contributed by atoms with Gasteiger partial charge in [-0.1, -0.05) is 42.9 Å². The van der Waals surface area contributed by atoms with Gasteiger partial charge in [-0.2, -0.15) is 5.26 Å². The molecule has 0 radical (unpaired) electrons. The molecule has 0 unspecified atom stereocenters. The Morgan fingerprint density at radius 1 is 1.10 bits per heavy atom. The zero-order valence-corrected chi connectivity index (χ0v) is 13.2. The van der Waals surface area contributed by atoms with E-state index in [4.69, 9.17) is 37.9 Å². The van der Waals surface area contributed by atoms with E-state index in [1.54, 1.807) is 6.07 Å². The van der Waals surface area contributed by atoms with Crippen molar-refractivity contribution < 1.29 is 19.1 Å². The van der Waals surface area contributed by atoms with Crippen LogP contribution < -0.4 is 0 Å². The lowest BCUT2D eigenvalue weighted by Gasteiger charge is -2.14. The van der Waals surface area contributed by atoms with E-state index < -0.39 is 18.2 Å². The number of rotatable bonds is 5. The van der Waals surface area contributed by atoms with Gasteiger partial charge in [0.1, 0.15) is 0 Å². The molecule has 0 fully saturated rings. The van der Waals surface area contributed by atoms with Crippen LogP contribution in [0.25, 0.3) is 0 Å².